The van der Waals surface area contributed by atoms with Crippen LogP contribution in [0.1, 0.15) is 26.3 Å². The molecule has 0 aliphatic carbocycles. The number of hydrogen-bond acceptors (Lipinski definition) is 4. The van der Waals surface area contributed by atoms with Crippen molar-refractivity contribution in [2.24, 2.45) is 4.99 Å². The van der Waals surface area contributed by atoms with E-state index in [4.69, 9.17) is 14.2 Å². The zero-order chi connectivity index (χ0) is 14.6. The molecule has 0 saturated heterocycles. The third kappa shape index (κ3) is 3.99. The molecule has 0 atom stereocenters. The average Bonchev–Trinajstić information content (AvgIpc) is 2.34. The smallest absolute Gasteiger partial charge is 0.204 e. The summed E-state index contributed by atoms with van der Waals surface area (Å²) in [6, 6.07) is 1.91. The van der Waals surface area contributed by atoms with Crippen LogP contribution in [-0.2, 0) is 0 Å². The van der Waals surface area contributed by atoms with E-state index in [9.17, 15) is 0 Å². The van der Waals surface area contributed by atoms with Crippen molar-refractivity contribution < 1.29 is 14.2 Å². The summed E-state index contributed by atoms with van der Waals surface area (Å²) in [5.74, 6) is 1.87. The lowest BCUT2D eigenvalue weighted by Crippen LogP contribution is -2.10. The van der Waals surface area contributed by atoms with Crippen molar-refractivity contribution in [1.82, 2.24) is 0 Å². The molecule has 5 heteroatoms. The molecule has 1 rings (SSSR count). The Morgan fingerprint density at radius 2 is 1.63 bits per heavy atom. The number of hydrogen-bond donors (Lipinski definition) is 0. The molecule has 0 heterocycles. The van der Waals surface area contributed by atoms with E-state index in [1.165, 1.54) is 0 Å². The number of aliphatic imine (C=N–C) groups is 1. The van der Waals surface area contributed by atoms with Gasteiger partial charge in [0.1, 0.15) is 0 Å². The molecule has 0 aromatic heterocycles. The van der Waals surface area contributed by atoms with Crippen LogP contribution in [-0.4, -0.2) is 33.1 Å². The van der Waals surface area contributed by atoms with E-state index in [-0.39, 0.29) is 5.54 Å². The minimum Gasteiger partial charge on any atom is -0.493 e. The van der Waals surface area contributed by atoms with Gasteiger partial charge in [-0.1, -0.05) is 0 Å². The summed E-state index contributed by atoms with van der Waals surface area (Å²) < 4.78 is 17.1. The van der Waals surface area contributed by atoms with Gasteiger partial charge in [0.25, 0.3) is 0 Å². The Balaban J connectivity index is 3.43. The van der Waals surface area contributed by atoms with E-state index in [1.807, 2.05) is 33.1 Å². The Labute approximate surface area is 128 Å². The van der Waals surface area contributed by atoms with Gasteiger partial charge in [0.2, 0.25) is 5.75 Å². The molecule has 19 heavy (non-hydrogen) atoms. The van der Waals surface area contributed by atoms with Gasteiger partial charge in [0.05, 0.1) is 32.4 Å². The second-order valence-electron chi connectivity index (χ2n) is 4.97. The van der Waals surface area contributed by atoms with E-state index in [0.29, 0.717) is 17.2 Å². The minimum absolute atomic E-state index is 0.138. The summed E-state index contributed by atoms with van der Waals surface area (Å²) in [5.41, 5.74) is 0.761. The molecule has 0 unspecified atom stereocenters. The van der Waals surface area contributed by atoms with Crippen molar-refractivity contribution in [2.45, 2.75) is 26.3 Å². The Hall–Kier alpha value is -0.980. The Kier molecular flexibility index (Phi) is 5.46. The molecule has 0 N–H and O–H groups in total. The van der Waals surface area contributed by atoms with Gasteiger partial charge in [-0.2, -0.15) is 0 Å². The molecule has 0 radical (unpaired) electrons. The van der Waals surface area contributed by atoms with Gasteiger partial charge < -0.3 is 14.2 Å². The van der Waals surface area contributed by atoms with Crippen molar-refractivity contribution in [3.63, 3.8) is 0 Å². The lowest BCUT2D eigenvalue weighted by atomic mass is 10.1. The number of ether oxygens (including phenoxy) is 3. The van der Waals surface area contributed by atoms with Crippen LogP contribution in [0.3, 0.4) is 0 Å². The van der Waals surface area contributed by atoms with Gasteiger partial charge in [0, 0.05) is 9.78 Å². The number of benzene rings is 1. The summed E-state index contributed by atoms with van der Waals surface area (Å²) in [5, 5.41) is 0. The molecule has 1 aromatic rings. The van der Waals surface area contributed by atoms with Crippen LogP contribution in [0.25, 0.3) is 0 Å². The van der Waals surface area contributed by atoms with Crippen LogP contribution in [0.15, 0.2) is 11.1 Å². The number of methoxy groups -OCH3 is 3. The van der Waals surface area contributed by atoms with E-state index in [1.54, 1.807) is 21.3 Å². The molecule has 0 amide bonds. The normalized spacial score (nSPS) is 11.7. The predicted octanol–water partition coefficient (Wildman–Crippen LogP) is 3.53. The third-order valence-electron chi connectivity index (χ3n) is 2.40. The van der Waals surface area contributed by atoms with Gasteiger partial charge >= 0.3 is 0 Å². The fraction of sp³-hybridized carbons (Fsp3) is 0.500. The zero-order valence-corrected chi connectivity index (χ0v) is 14.4. The Morgan fingerprint density at radius 1 is 1.05 bits per heavy atom. The standard InChI is InChI=1S/C14H20INO3/c1-14(2,3)16-8-9-10(15)7-11(17-4)13(19-6)12(9)18-5/h7-8H,1-6H3. The fourth-order valence-corrected chi connectivity index (χ4v) is 2.19. The minimum atomic E-state index is -0.138. The van der Waals surface area contributed by atoms with Crippen molar-refractivity contribution >= 4 is 28.8 Å². The fourth-order valence-electron chi connectivity index (χ4n) is 1.53. The number of rotatable bonds is 4. The summed E-state index contributed by atoms with van der Waals surface area (Å²) >= 11 is 2.24. The van der Waals surface area contributed by atoms with Crippen molar-refractivity contribution in [1.29, 1.82) is 0 Å². The molecule has 0 bridgehead atoms. The molecule has 0 saturated carbocycles. The maximum Gasteiger partial charge on any atom is 0.204 e. The summed E-state index contributed by atoms with van der Waals surface area (Å²) in [7, 11) is 4.82. The molecule has 4 nitrogen and oxygen atoms in total. The van der Waals surface area contributed by atoms with Gasteiger partial charge in [-0.05, 0) is 49.4 Å². The molecule has 0 aliphatic heterocycles. The highest BCUT2D eigenvalue weighted by Gasteiger charge is 2.19. The molecular weight excluding hydrogens is 357 g/mol. The quantitative estimate of drug-likeness (QED) is 0.595. The van der Waals surface area contributed by atoms with Crippen molar-refractivity contribution in [3.8, 4) is 17.2 Å². The Morgan fingerprint density at radius 3 is 2.05 bits per heavy atom. The summed E-state index contributed by atoms with van der Waals surface area (Å²) in [6.45, 7) is 6.14. The Bertz CT molecular complexity index is 479. The maximum absolute atomic E-state index is 5.45. The van der Waals surface area contributed by atoms with Crippen LogP contribution in [0.4, 0.5) is 0 Å². The number of nitrogens with zero attached hydrogens (tertiary/aromatic N) is 1. The first kappa shape index (κ1) is 16.1. The van der Waals surface area contributed by atoms with Gasteiger partial charge in [-0.25, -0.2) is 0 Å². The number of halogens is 1. The molecule has 0 spiro atoms. The second-order valence-corrected chi connectivity index (χ2v) is 6.13. The highest BCUT2D eigenvalue weighted by molar-refractivity contribution is 14.1. The molecule has 0 aliphatic rings. The lowest BCUT2D eigenvalue weighted by Gasteiger charge is -2.17. The molecule has 1 aromatic carbocycles. The zero-order valence-electron chi connectivity index (χ0n) is 12.2. The highest BCUT2D eigenvalue weighted by Crippen LogP contribution is 2.41. The first-order valence-electron chi connectivity index (χ1n) is 5.87. The average molecular weight is 377 g/mol. The molecular formula is C14H20INO3. The lowest BCUT2D eigenvalue weighted by molar-refractivity contribution is 0.323. The van der Waals surface area contributed by atoms with E-state index in [0.717, 1.165) is 9.13 Å². The van der Waals surface area contributed by atoms with E-state index >= 15 is 0 Å². The summed E-state index contributed by atoms with van der Waals surface area (Å²) in [4.78, 5) is 4.52. The van der Waals surface area contributed by atoms with Gasteiger partial charge in [-0.15, -0.1) is 0 Å². The third-order valence-corrected chi connectivity index (χ3v) is 3.29. The van der Waals surface area contributed by atoms with Crippen LogP contribution >= 0.6 is 22.6 Å². The van der Waals surface area contributed by atoms with Crippen LogP contribution < -0.4 is 14.2 Å². The van der Waals surface area contributed by atoms with Crippen LogP contribution in [0.5, 0.6) is 17.2 Å². The van der Waals surface area contributed by atoms with E-state index < -0.39 is 0 Å². The SMILES string of the molecule is COc1cc(I)c(C=NC(C)(C)C)c(OC)c1OC. The topological polar surface area (TPSA) is 40.0 Å². The van der Waals surface area contributed by atoms with Gasteiger partial charge in [0.15, 0.2) is 11.5 Å². The first-order valence-corrected chi connectivity index (χ1v) is 6.95. The van der Waals surface area contributed by atoms with E-state index in [2.05, 4.69) is 27.6 Å². The highest BCUT2D eigenvalue weighted by atomic mass is 127. The largest absolute Gasteiger partial charge is 0.493 e. The predicted molar refractivity (Wildman–Crippen MR) is 86.2 cm³/mol. The second kappa shape index (κ2) is 6.45. The molecule has 106 valence electrons. The van der Waals surface area contributed by atoms with Gasteiger partial charge in [-0.3, -0.25) is 4.99 Å². The van der Waals surface area contributed by atoms with Crippen LogP contribution in [0, 0.1) is 3.57 Å². The monoisotopic (exact) mass is 377 g/mol. The van der Waals surface area contributed by atoms with Crippen LogP contribution in [0.2, 0.25) is 0 Å². The first-order chi connectivity index (χ1) is 8.84. The summed E-state index contributed by atoms with van der Waals surface area (Å²) in [6.07, 6.45) is 1.82. The molecule has 0 fully saturated rings. The maximum atomic E-state index is 5.45. The van der Waals surface area contributed by atoms with Crippen molar-refractivity contribution in [3.05, 3.63) is 15.2 Å². The van der Waals surface area contributed by atoms with Crippen molar-refractivity contribution in [2.75, 3.05) is 21.3 Å².